The van der Waals surface area contributed by atoms with Crippen LogP contribution < -0.4 is 5.32 Å². The molecule has 1 N–H and O–H groups in total. The third-order valence-corrected chi connectivity index (χ3v) is 2.43. The van der Waals surface area contributed by atoms with Crippen molar-refractivity contribution in [2.45, 2.75) is 12.8 Å². The largest absolute Gasteiger partial charge is 0.348 e. The number of nitrogens with one attached hydrogen (secondary N) is 1. The van der Waals surface area contributed by atoms with Crippen LogP contribution in [0, 0.1) is 59.2 Å². The molecule has 0 aromatic rings. The molecule has 3 heteroatoms. The van der Waals surface area contributed by atoms with E-state index in [0.717, 1.165) is 19.6 Å². The zero-order chi connectivity index (χ0) is 14.5. The first-order valence-corrected chi connectivity index (χ1v) is 6.26. The highest BCUT2D eigenvalue weighted by Gasteiger charge is 2.08. The van der Waals surface area contributed by atoms with Gasteiger partial charge in [0.15, 0.2) is 0 Å². The second-order valence-electron chi connectivity index (χ2n) is 3.86. The summed E-state index contributed by atoms with van der Waals surface area (Å²) in [6.45, 7) is 3.04. The first-order valence-electron chi connectivity index (χ1n) is 6.26. The van der Waals surface area contributed by atoms with Crippen LogP contribution in [0.4, 0.5) is 0 Å². The van der Waals surface area contributed by atoms with Crippen LogP contribution in [0.2, 0.25) is 0 Å². The van der Waals surface area contributed by atoms with Crippen molar-refractivity contribution in [2.75, 3.05) is 26.7 Å². The Morgan fingerprint density at radius 1 is 0.950 bits per heavy atom. The number of carbonyl (C=O) groups is 1. The number of hydrogen-bond acceptors (Lipinski definition) is 2. The van der Waals surface area contributed by atoms with Gasteiger partial charge < -0.3 is 5.32 Å². The Balaban J connectivity index is 2.30. The number of carbonyl (C=O) groups excluding carboxylic acids is 1. The number of rotatable bonds is 1. The molecule has 0 aromatic carbocycles. The summed E-state index contributed by atoms with van der Waals surface area (Å²) in [6, 6.07) is 0. The van der Waals surface area contributed by atoms with E-state index >= 15 is 0 Å². The van der Waals surface area contributed by atoms with Crippen LogP contribution in [0.15, 0.2) is 0 Å². The van der Waals surface area contributed by atoms with Gasteiger partial charge in [0.2, 0.25) is 0 Å². The molecule has 0 aromatic heterocycles. The van der Waals surface area contributed by atoms with E-state index in [4.69, 9.17) is 0 Å². The third-order valence-electron chi connectivity index (χ3n) is 2.43. The van der Waals surface area contributed by atoms with Crippen LogP contribution in [-0.2, 0) is 4.79 Å². The molecule has 1 aliphatic rings. The van der Waals surface area contributed by atoms with E-state index in [0.29, 0.717) is 0 Å². The normalized spacial score (nSPS) is 11.7. The Morgan fingerprint density at radius 3 is 2.10 bits per heavy atom. The monoisotopic (exact) mass is 262 g/mol. The minimum absolute atomic E-state index is 0.375. The lowest BCUT2D eigenvalue weighted by Gasteiger charge is -2.07. The zero-order valence-corrected chi connectivity index (χ0v) is 11.4. The van der Waals surface area contributed by atoms with Gasteiger partial charge >= 0.3 is 0 Å². The minimum Gasteiger partial charge on any atom is -0.348 e. The van der Waals surface area contributed by atoms with Gasteiger partial charge in [0.05, 0.1) is 6.54 Å². The van der Waals surface area contributed by atoms with Crippen LogP contribution in [0.3, 0.4) is 0 Å². The first-order chi connectivity index (χ1) is 9.83. The molecule has 1 rings (SSSR count). The summed E-state index contributed by atoms with van der Waals surface area (Å²) in [5, 5.41) is 2.36. The van der Waals surface area contributed by atoms with Crippen molar-refractivity contribution in [3.05, 3.63) is 0 Å². The standard InChI is InChI=1S/C17H14N2O/c1-18-17(20)13-9-7-5-3-2-4-6-8-10-14-19-15-11-12-16-19/h11-12,14-16H2,1H3,(H,18,20). The molecule has 1 aliphatic heterocycles. The number of nitrogens with zero attached hydrogens (tertiary/aromatic N) is 1. The molecule has 0 aliphatic carbocycles. The second kappa shape index (κ2) is 10.2. The molecule has 0 spiro atoms. The molecule has 0 bridgehead atoms. The van der Waals surface area contributed by atoms with Crippen LogP contribution in [-0.4, -0.2) is 37.5 Å². The van der Waals surface area contributed by atoms with Crippen LogP contribution >= 0.6 is 0 Å². The molecule has 1 saturated heterocycles. The van der Waals surface area contributed by atoms with Crippen molar-refractivity contribution in [1.29, 1.82) is 0 Å². The fraction of sp³-hybridized carbons (Fsp3) is 0.353. The van der Waals surface area contributed by atoms with E-state index in [1.54, 1.807) is 0 Å². The molecule has 0 atom stereocenters. The van der Waals surface area contributed by atoms with E-state index in [2.05, 4.69) is 69.4 Å². The van der Waals surface area contributed by atoms with Crippen molar-refractivity contribution < 1.29 is 4.79 Å². The highest BCUT2D eigenvalue weighted by atomic mass is 16.1. The molecule has 0 radical (unpaired) electrons. The SMILES string of the molecule is CNC(=O)C#CC#CC#CC#CC#CCN1CCCC1. The number of likely N-dealkylation sites (tertiary alicyclic amines) is 1. The summed E-state index contributed by atoms with van der Waals surface area (Å²) in [5.41, 5.74) is 0. The second-order valence-corrected chi connectivity index (χ2v) is 3.86. The van der Waals surface area contributed by atoms with Crippen molar-refractivity contribution in [2.24, 2.45) is 0 Å². The van der Waals surface area contributed by atoms with Crippen LogP contribution in [0.5, 0.6) is 0 Å². The molecular formula is C17H14N2O. The Kier molecular flexibility index (Phi) is 7.78. The van der Waals surface area contributed by atoms with Gasteiger partial charge in [0.25, 0.3) is 5.91 Å². The Bertz CT molecular complexity index is 642. The predicted molar refractivity (Wildman–Crippen MR) is 78.6 cm³/mol. The fourth-order valence-corrected chi connectivity index (χ4v) is 1.47. The van der Waals surface area contributed by atoms with Gasteiger partial charge in [0.1, 0.15) is 0 Å². The van der Waals surface area contributed by atoms with Crippen molar-refractivity contribution >= 4 is 5.91 Å². The van der Waals surface area contributed by atoms with E-state index in [1.807, 2.05) is 0 Å². The maximum absolute atomic E-state index is 10.7. The highest BCUT2D eigenvalue weighted by molar-refractivity contribution is 5.93. The maximum Gasteiger partial charge on any atom is 0.296 e. The molecule has 98 valence electrons. The zero-order valence-electron chi connectivity index (χ0n) is 11.4. The Labute approximate surface area is 120 Å². The summed E-state index contributed by atoms with van der Waals surface area (Å²) >= 11 is 0. The lowest BCUT2D eigenvalue weighted by molar-refractivity contribution is -0.115. The smallest absolute Gasteiger partial charge is 0.296 e. The highest BCUT2D eigenvalue weighted by Crippen LogP contribution is 2.05. The topological polar surface area (TPSA) is 32.3 Å². The molecule has 20 heavy (non-hydrogen) atoms. The van der Waals surface area contributed by atoms with Crippen molar-refractivity contribution in [3.63, 3.8) is 0 Å². The van der Waals surface area contributed by atoms with Crippen LogP contribution in [0.25, 0.3) is 0 Å². The summed E-state index contributed by atoms with van der Waals surface area (Å²) in [6.07, 6.45) is 2.53. The van der Waals surface area contributed by atoms with Gasteiger partial charge in [-0.15, -0.1) is 0 Å². The first kappa shape index (κ1) is 15.3. The summed E-state index contributed by atoms with van der Waals surface area (Å²) in [4.78, 5) is 13.0. The number of hydrogen-bond donors (Lipinski definition) is 1. The average molecular weight is 262 g/mol. The van der Waals surface area contributed by atoms with Crippen LogP contribution in [0.1, 0.15) is 12.8 Å². The summed E-state index contributed by atoms with van der Waals surface area (Å²) < 4.78 is 0. The summed E-state index contributed by atoms with van der Waals surface area (Å²) in [7, 11) is 1.50. The van der Waals surface area contributed by atoms with Crippen molar-refractivity contribution in [3.8, 4) is 59.2 Å². The van der Waals surface area contributed by atoms with Crippen molar-refractivity contribution in [1.82, 2.24) is 10.2 Å². The van der Waals surface area contributed by atoms with E-state index in [9.17, 15) is 4.79 Å². The van der Waals surface area contributed by atoms with Gasteiger partial charge in [-0.05, 0) is 73.3 Å². The van der Waals surface area contributed by atoms with E-state index < -0.39 is 0 Å². The lowest BCUT2D eigenvalue weighted by atomic mass is 10.4. The number of amides is 1. The minimum atomic E-state index is -0.375. The molecule has 1 fully saturated rings. The van der Waals surface area contributed by atoms with Gasteiger partial charge in [0, 0.05) is 13.0 Å². The van der Waals surface area contributed by atoms with Gasteiger partial charge in [-0.2, -0.15) is 0 Å². The molecular weight excluding hydrogens is 248 g/mol. The molecule has 0 unspecified atom stereocenters. The third kappa shape index (κ3) is 7.54. The van der Waals surface area contributed by atoms with E-state index in [-0.39, 0.29) is 5.91 Å². The molecule has 3 nitrogen and oxygen atoms in total. The molecule has 1 heterocycles. The maximum atomic E-state index is 10.7. The van der Waals surface area contributed by atoms with Gasteiger partial charge in [-0.25, -0.2) is 0 Å². The fourth-order valence-electron chi connectivity index (χ4n) is 1.47. The predicted octanol–water partition coefficient (Wildman–Crippen LogP) is -0.155. The average Bonchev–Trinajstić information content (AvgIpc) is 2.97. The quantitative estimate of drug-likeness (QED) is 0.666. The molecule has 0 saturated carbocycles. The Morgan fingerprint density at radius 2 is 1.50 bits per heavy atom. The Hall–Kier alpha value is -2.77. The van der Waals surface area contributed by atoms with E-state index in [1.165, 1.54) is 19.9 Å². The lowest BCUT2D eigenvalue weighted by Crippen LogP contribution is -2.18. The van der Waals surface area contributed by atoms with Gasteiger partial charge in [-0.1, -0.05) is 5.92 Å². The summed E-state index contributed by atoms with van der Waals surface area (Å²) in [5.74, 6) is 25.2. The molecule has 1 amide bonds. The van der Waals surface area contributed by atoms with Gasteiger partial charge in [-0.3, -0.25) is 9.69 Å².